The quantitative estimate of drug-likeness (QED) is 0.787. The Hall–Kier alpha value is -2.53. The van der Waals surface area contributed by atoms with E-state index in [0.717, 1.165) is 28.2 Å². The number of hydrogen-bond donors (Lipinski definition) is 1. The Balaban J connectivity index is 2.01. The summed E-state index contributed by atoms with van der Waals surface area (Å²) in [5.41, 5.74) is 4.71. The summed E-state index contributed by atoms with van der Waals surface area (Å²) in [4.78, 5) is 4.65. The van der Waals surface area contributed by atoms with E-state index in [0.29, 0.717) is 17.9 Å². The standard InChI is InChI=1S/C18H20N2O3/c1-12-4-7-18-19-14(15(11-21)20(18)10-12)8-13-5-6-16(22-2)17(9-13)23-3/h4-7,9-10,21H,8,11H2,1-3H3. The Morgan fingerprint density at radius 1 is 1.09 bits per heavy atom. The second kappa shape index (κ2) is 6.30. The lowest BCUT2D eigenvalue weighted by Gasteiger charge is -2.09. The van der Waals surface area contributed by atoms with Gasteiger partial charge in [-0.2, -0.15) is 0 Å². The zero-order valence-electron chi connectivity index (χ0n) is 13.5. The van der Waals surface area contributed by atoms with Crippen molar-refractivity contribution >= 4 is 5.65 Å². The first-order valence-electron chi connectivity index (χ1n) is 7.44. The molecule has 1 aromatic carbocycles. The highest BCUT2D eigenvalue weighted by molar-refractivity contribution is 5.47. The summed E-state index contributed by atoms with van der Waals surface area (Å²) in [7, 11) is 3.24. The summed E-state index contributed by atoms with van der Waals surface area (Å²) >= 11 is 0. The van der Waals surface area contributed by atoms with Gasteiger partial charge in [-0.15, -0.1) is 0 Å². The van der Waals surface area contributed by atoms with Crippen LogP contribution in [0.15, 0.2) is 36.5 Å². The van der Waals surface area contributed by atoms with Crippen molar-refractivity contribution in [1.29, 1.82) is 0 Å². The Morgan fingerprint density at radius 3 is 2.57 bits per heavy atom. The summed E-state index contributed by atoms with van der Waals surface area (Å²) in [5.74, 6) is 1.39. The second-order valence-electron chi connectivity index (χ2n) is 5.46. The minimum atomic E-state index is -0.0484. The fourth-order valence-corrected chi connectivity index (χ4v) is 2.74. The van der Waals surface area contributed by atoms with E-state index in [4.69, 9.17) is 9.47 Å². The van der Waals surface area contributed by atoms with Crippen molar-refractivity contribution in [3.05, 3.63) is 59.0 Å². The number of aliphatic hydroxyl groups excluding tert-OH is 1. The molecule has 0 saturated carbocycles. The van der Waals surface area contributed by atoms with E-state index >= 15 is 0 Å². The summed E-state index contributed by atoms with van der Waals surface area (Å²) in [6.45, 7) is 1.97. The molecule has 5 heteroatoms. The van der Waals surface area contributed by atoms with E-state index in [9.17, 15) is 5.11 Å². The number of methoxy groups -OCH3 is 2. The molecule has 2 aromatic heterocycles. The molecule has 0 spiro atoms. The van der Waals surface area contributed by atoms with E-state index in [-0.39, 0.29) is 6.61 Å². The number of nitrogens with zero attached hydrogens (tertiary/aromatic N) is 2. The van der Waals surface area contributed by atoms with Gasteiger partial charge < -0.3 is 19.0 Å². The van der Waals surface area contributed by atoms with Crippen LogP contribution in [-0.2, 0) is 13.0 Å². The number of benzene rings is 1. The zero-order valence-corrected chi connectivity index (χ0v) is 13.5. The molecule has 5 nitrogen and oxygen atoms in total. The molecule has 3 aromatic rings. The van der Waals surface area contributed by atoms with Crippen LogP contribution in [0.5, 0.6) is 11.5 Å². The molecule has 0 unspecified atom stereocenters. The number of fused-ring (bicyclic) bond motifs is 1. The minimum Gasteiger partial charge on any atom is -0.493 e. The van der Waals surface area contributed by atoms with Gasteiger partial charge in [-0.25, -0.2) is 4.98 Å². The van der Waals surface area contributed by atoms with Crippen LogP contribution in [-0.4, -0.2) is 28.7 Å². The van der Waals surface area contributed by atoms with Crippen molar-refractivity contribution in [2.45, 2.75) is 20.0 Å². The zero-order chi connectivity index (χ0) is 16.4. The summed E-state index contributed by atoms with van der Waals surface area (Å²) in [6, 6.07) is 9.79. The van der Waals surface area contributed by atoms with Gasteiger partial charge in [0.25, 0.3) is 0 Å². The summed E-state index contributed by atoms with van der Waals surface area (Å²) in [5, 5.41) is 9.75. The molecular formula is C18H20N2O3. The highest BCUT2D eigenvalue weighted by atomic mass is 16.5. The minimum absolute atomic E-state index is 0.0484. The van der Waals surface area contributed by atoms with Gasteiger partial charge in [0, 0.05) is 12.6 Å². The third-order valence-electron chi connectivity index (χ3n) is 3.92. The predicted octanol–water partition coefficient (Wildman–Crippen LogP) is 2.74. The van der Waals surface area contributed by atoms with Crippen molar-refractivity contribution in [3.8, 4) is 11.5 Å². The van der Waals surface area contributed by atoms with Gasteiger partial charge in [0.1, 0.15) is 5.65 Å². The first kappa shape index (κ1) is 15.4. The first-order chi connectivity index (χ1) is 11.2. The lowest BCUT2D eigenvalue weighted by atomic mass is 10.1. The number of rotatable bonds is 5. The van der Waals surface area contributed by atoms with Gasteiger partial charge in [0.2, 0.25) is 0 Å². The predicted molar refractivity (Wildman–Crippen MR) is 88.2 cm³/mol. The molecule has 1 N–H and O–H groups in total. The summed E-state index contributed by atoms with van der Waals surface area (Å²) < 4.78 is 12.6. The number of aryl methyl sites for hydroxylation is 1. The monoisotopic (exact) mass is 312 g/mol. The smallest absolute Gasteiger partial charge is 0.160 e. The van der Waals surface area contributed by atoms with Crippen LogP contribution in [0, 0.1) is 6.92 Å². The van der Waals surface area contributed by atoms with E-state index in [1.807, 2.05) is 47.9 Å². The van der Waals surface area contributed by atoms with Gasteiger partial charge >= 0.3 is 0 Å². The third-order valence-corrected chi connectivity index (χ3v) is 3.92. The van der Waals surface area contributed by atoms with Crippen LogP contribution in [0.3, 0.4) is 0 Å². The van der Waals surface area contributed by atoms with Crippen LogP contribution >= 0.6 is 0 Å². The molecule has 2 heterocycles. The van der Waals surface area contributed by atoms with E-state index in [2.05, 4.69) is 4.98 Å². The average molecular weight is 312 g/mol. The third kappa shape index (κ3) is 2.87. The Labute approximate surface area is 135 Å². The number of aromatic nitrogens is 2. The molecule has 0 aliphatic carbocycles. The molecule has 0 aliphatic rings. The maximum absolute atomic E-state index is 9.75. The normalized spacial score (nSPS) is 11.0. The first-order valence-corrected chi connectivity index (χ1v) is 7.44. The van der Waals surface area contributed by atoms with Gasteiger partial charge in [0.05, 0.1) is 32.2 Å². The van der Waals surface area contributed by atoms with Crippen LogP contribution in [0.2, 0.25) is 0 Å². The molecule has 0 amide bonds. The fourth-order valence-electron chi connectivity index (χ4n) is 2.74. The van der Waals surface area contributed by atoms with Gasteiger partial charge in [-0.1, -0.05) is 12.1 Å². The number of hydrogen-bond acceptors (Lipinski definition) is 4. The number of ether oxygens (including phenoxy) is 2. The van der Waals surface area contributed by atoms with Crippen molar-refractivity contribution < 1.29 is 14.6 Å². The molecular weight excluding hydrogens is 292 g/mol. The van der Waals surface area contributed by atoms with Crippen LogP contribution in [0.25, 0.3) is 5.65 Å². The maximum atomic E-state index is 9.75. The molecule has 120 valence electrons. The number of pyridine rings is 1. The molecule has 0 bridgehead atoms. The van der Waals surface area contributed by atoms with Crippen molar-refractivity contribution in [1.82, 2.24) is 9.38 Å². The average Bonchev–Trinajstić information content (AvgIpc) is 2.90. The van der Waals surface area contributed by atoms with Gasteiger partial charge in [-0.3, -0.25) is 0 Å². The second-order valence-corrected chi connectivity index (χ2v) is 5.46. The van der Waals surface area contributed by atoms with E-state index < -0.39 is 0 Å². The molecule has 3 rings (SSSR count). The SMILES string of the molecule is COc1ccc(Cc2nc3ccc(C)cn3c2CO)cc1OC. The maximum Gasteiger partial charge on any atom is 0.160 e. The van der Waals surface area contributed by atoms with E-state index in [1.165, 1.54) is 0 Å². The topological polar surface area (TPSA) is 56.0 Å². The molecule has 23 heavy (non-hydrogen) atoms. The molecule has 0 saturated heterocycles. The number of imidazole rings is 1. The largest absolute Gasteiger partial charge is 0.493 e. The Bertz CT molecular complexity index is 840. The van der Waals surface area contributed by atoms with Gasteiger partial charge in [-0.05, 0) is 36.2 Å². The lowest BCUT2D eigenvalue weighted by Crippen LogP contribution is -1.99. The lowest BCUT2D eigenvalue weighted by molar-refractivity contribution is 0.274. The molecule has 0 radical (unpaired) electrons. The van der Waals surface area contributed by atoms with Crippen LogP contribution in [0.4, 0.5) is 0 Å². The van der Waals surface area contributed by atoms with Crippen LogP contribution in [0.1, 0.15) is 22.5 Å². The Morgan fingerprint density at radius 2 is 1.87 bits per heavy atom. The fraction of sp³-hybridized carbons (Fsp3) is 0.278. The van der Waals surface area contributed by atoms with Gasteiger partial charge in [0.15, 0.2) is 11.5 Å². The Kier molecular flexibility index (Phi) is 4.21. The van der Waals surface area contributed by atoms with Crippen molar-refractivity contribution in [2.75, 3.05) is 14.2 Å². The van der Waals surface area contributed by atoms with Crippen molar-refractivity contribution in [2.24, 2.45) is 0 Å². The molecule has 0 aliphatic heterocycles. The van der Waals surface area contributed by atoms with Crippen LogP contribution < -0.4 is 9.47 Å². The van der Waals surface area contributed by atoms with Crippen molar-refractivity contribution in [3.63, 3.8) is 0 Å². The molecule has 0 fully saturated rings. The molecule has 0 atom stereocenters. The highest BCUT2D eigenvalue weighted by Gasteiger charge is 2.13. The summed E-state index contributed by atoms with van der Waals surface area (Å²) in [6.07, 6.45) is 2.61. The number of aliphatic hydroxyl groups is 1. The van der Waals surface area contributed by atoms with E-state index in [1.54, 1.807) is 14.2 Å². The highest BCUT2D eigenvalue weighted by Crippen LogP contribution is 2.29.